The van der Waals surface area contributed by atoms with Crippen molar-refractivity contribution in [3.05, 3.63) is 59.5 Å². The molecular formula is C31H35ClFN7O. The fourth-order valence-corrected chi connectivity index (χ4v) is 6.43. The highest BCUT2D eigenvalue weighted by molar-refractivity contribution is 6.35. The van der Waals surface area contributed by atoms with E-state index in [1.165, 1.54) is 6.08 Å². The Hall–Kier alpha value is -3.69. The van der Waals surface area contributed by atoms with Crippen molar-refractivity contribution in [2.75, 3.05) is 50.1 Å². The number of nitrogens with one attached hydrogen (secondary N) is 1. The maximum atomic E-state index is 16.8. The smallest absolute Gasteiger partial charge is 0.246 e. The first-order chi connectivity index (χ1) is 19.6. The Labute approximate surface area is 244 Å². The molecule has 8 nitrogen and oxygen atoms in total. The van der Waals surface area contributed by atoms with Gasteiger partial charge in [0.05, 0.1) is 5.02 Å². The van der Waals surface area contributed by atoms with E-state index in [0.717, 1.165) is 29.6 Å². The zero-order valence-corrected chi connectivity index (χ0v) is 24.8. The molecule has 214 valence electrons. The number of nitrogens with zero attached hydrogens (tertiary/aromatic N) is 6. The van der Waals surface area contributed by atoms with Gasteiger partial charge in [0.15, 0.2) is 5.82 Å². The Kier molecular flexibility index (Phi) is 6.90. The van der Waals surface area contributed by atoms with Crippen LogP contribution >= 0.6 is 11.6 Å². The molecule has 0 bridgehead atoms. The molecule has 10 heteroatoms. The molecule has 6 rings (SSSR count). The fraction of sp³-hybridized carbons (Fsp3) is 0.387. The van der Waals surface area contributed by atoms with Gasteiger partial charge in [0.2, 0.25) is 11.9 Å². The lowest BCUT2D eigenvalue weighted by Gasteiger charge is -2.45. The first-order valence-electron chi connectivity index (χ1n) is 14.0. The molecule has 2 aromatic heterocycles. The monoisotopic (exact) mass is 575 g/mol. The molecular weight excluding hydrogens is 541 g/mol. The second kappa shape index (κ2) is 10.3. The number of halogens is 2. The average molecular weight is 576 g/mol. The number of hydrogen-bond acceptors (Lipinski definition) is 6. The number of benzene rings is 2. The van der Waals surface area contributed by atoms with Crippen LogP contribution in [0.2, 0.25) is 5.02 Å². The van der Waals surface area contributed by atoms with E-state index in [2.05, 4.69) is 47.3 Å². The van der Waals surface area contributed by atoms with Gasteiger partial charge < -0.3 is 24.6 Å². The zero-order valence-electron chi connectivity index (χ0n) is 24.1. The van der Waals surface area contributed by atoms with Gasteiger partial charge >= 0.3 is 0 Å². The first-order valence-corrected chi connectivity index (χ1v) is 14.3. The molecule has 2 aromatic carbocycles. The average Bonchev–Trinajstić information content (AvgIpc) is 3.33. The van der Waals surface area contributed by atoms with E-state index in [-0.39, 0.29) is 23.5 Å². The van der Waals surface area contributed by atoms with Gasteiger partial charge in [-0.05, 0) is 58.6 Å². The Balaban J connectivity index is 1.53. The Morgan fingerprint density at radius 1 is 1.17 bits per heavy atom. The van der Waals surface area contributed by atoms with Crippen molar-refractivity contribution in [2.45, 2.75) is 38.9 Å². The second-order valence-electron chi connectivity index (χ2n) is 11.6. The van der Waals surface area contributed by atoms with Crippen LogP contribution in [0.5, 0.6) is 0 Å². The number of aromatic amines is 1. The maximum Gasteiger partial charge on any atom is 0.246 e. The van der Waals surface area contributed by atoms with Crippen LogP contribution in [0.1, 0.15) is 19.4 Å². The molecule has 2 aliphatic rings. The lowest BCUT2D eigenvalue weighted by Crippen LogP contribution is -2.59. The third kappa shape index (κ3) is 4.51. The number of carbonyl (C=O) groups is 1. The largest absolute Gasteiger partial charge is 0.361 e. The molecule has 1 amide bonds. The number of carbonyl (C=O) groups excluding carboxylic acids is 1. The van der Waals surface area contributed by atoms with Crippen LogP contribution in [0, 0.1) is 12.7 Å². The van der Waals surface area contributed by atoms with E-state index < -0.39 is 5.82 Å². The van der Waals surface area contributed by atoms with Gasteiger partial charge in [0.1, 0.15) is 11.3 Å². The van der Waals surface area contributed by atoms with Crippen molar-refractivity contribution < 1.29 is 9.18 Å². The summed E-state index contributed by atoms with van der Waals surface area (Å²) >= 11 is 6.90. The number of aryl methyl sites for hydroxylation is 1. The lowest BCUT2D eigenvalue weighted by atomic mass is 9.99. The van der Waals surface area contributed by atoms with Crippen LogP contribution in [0.3, 0.4) is 0 Å². The molecule has 41 heavy (non-hydrogen) atoms. The van der Waals surface area contributed by atoms with E-state index in [4.69, 9.17) is 21.6 Å². The van der Waals surface area contributed by atoms with E-state index in [1.54, 1.807) is 6.07 Å². The van der Waals surface area contributed by atoms with Crippen LogP contribution in [0.25, 0.3) is 32.9 Å². The number of anilines is 2. The van der Waals surface area contributed by atoms with Crippen molar-refractivity contribution in [3.8, 4) is 11.1 Å². The molecule has 4 aromatic rings. The fourth-order valence-electron chi connectivity index (χ4n) is 6.13. The SMILES string of the molecule is C=CC(=O)N1C[C@H](C)N(c2nc(N3CC(N(C)C)C3)nc3c(F)c(-c4c[nH]c5cccc(C)c45)c(Cl)cc23)C[C@H]1C. The van der Waals surface area contributed by atoms with Crippen molar-refractivity contribution in [2.24, 2.45) is 0 Å². The van der Waals surface area contributed by atoms with Crippen molar-refractivity contribution >= 4 is 51.1 Å². The van der Waals surface area contributed by atoms with Crippen LogP contribution in [0.15, 0.2) is 43.1 Å². The van der Waals surface area contributed by atoms with Gasteiger partial charge in [-0.15, -0.1) is 0 Å². The van der Waals surface area contributed by atoms with Gasteiger partial charge in [-0.25, -0.2) is 9.37 Å². The molecule has 2 aliphatic heterocycles. The van der Waals surface area contributed by atoms with Crippen LogP contribution < -0.4 is 9.80 Å². The quantitative estimate of drug-likeness (QED) is 0.328. The summed E-state index contributed by atoms with van der Waals surface area (Å²) < 4.78 is 16.8. The molecule has 2 fully saturated rings. The summed E-state index contributed by atoms with van der Waals surface area (Å²) in [5.74, 6) is 0.566. The zero-order chi connectivity index (χ0) is 29.2. The van der Waals surface area contributed by atoms with Gasteiger partial charge in [-0.2, -0.15) is 4.98 Å². The highest BCUT2D eigenvalue weighted by atomic mass is 35.5. The topological polar surface area (TPSA) is 71.6 Å². The van der Waals surface area contributed by atoms with Gasteiger partial charge in [0.25, 0.3) is 0 Å². The third-order valence-corrected chi connectivity index (χ3v) is 8.92. The standard InChI is InChI=1S/C31H35ClFN7O/c1-7-25(41)39-13-19(4)40(14-18(39)3)30-21-11-23(32)27(22-12-34-24-10-8-9-17(2)26(22)24)28(33)29(21)35-31(36-30)38-15-20(16-38)37(5)6/h7-12,18-20,34H,1,13-16H2,2-6H3/t18-,19+/m1/s1. The van der Waals surface area contributed by atoms with E-state index in [0.29, 0.717) is 52.4 Å². The number of likely N-dealkylation sites (N-methyl/N-ethyl adjacent to an activating group) is 1. The minimum Gasteiger partial charge on any atom is -0.361 e. The summed E-state index contributed by atoms with van der Waals surface area (Å²) in [6, 6.07) is 7.98. The first kappa shape index (κ1) is 27.5. The molecule has 0 spiro atoms. The Morgan fingerprint density at radius 2 is 1.93 bits per heavy atom. The van der Waals surface area contributed by atoms with Gasteiger partial charge in [-0.1, -0.05) is 30.3 Å². The molecule has 2 saturated heterocycles. The summed E-state index contributed by atoms with van der Waals surface area (Å²) in [6.45, 7) is 12.3. The van der Waals surface area contributed by atoms with E-state index in [9.17, 15) is 4.79 Å². The lowest BCUT2D eigenvalue weighted by molar-refractivity contribution is -0.128. The third-order valence-electron chi connectivity index (χ3n) is 8.63. The highest BCUT2D eigenvalue weighted by Gasteiger charge is 2.36. The van der Waals surface area contributed by atoms with Crippen LogP contribution in [-0.2, 0) is 4.79 Å². The predicted molar refractivity (Wildman–Crippen MR) is 164 cm³/mol. The van der Waals surface area contributed by atoms with Gasteiger partial charge in [0, 0.05) is 77.9 Å². The Morgan fingerprint density at radius 3 is 2.63 bits per heavy atom. The van der Waals surface area contributed by atoms with E-state index >= 15 is 4.39 Å². The van der Waals surface area contributed by atoms with E-state index in [1.807, 2.05) is 43.1 Å². The molecule has 0 aliphatic carbocycles. The second-order valence-corrected chi connectivity index (χ2v) is 12.0. The number of aromatic nitrogens is 3. The van der Waals surface area contributed by atoms with Crippen LogP contribution in [0.4, 0.5) is 16.2 Å². The molecule has 0 unspecified atom stereocenters. The molecule has 2 atom stereocenters. The summed E-state index contributed by atoms with van der Waals surface area (Å²) in [7, 11) is 4.11. The number of hydrogen-bond donors (Lipinski definition) is 1. The van der Waals surface area contributed by atoms with Crippen LogP contribution in [-0.4, -0.2) is 89.1 Å². The predicted octanol–water partition coefficient (Wildman–Crippen LogP) is 5.24. The Bertz CT molecular complexity index is 1680. The number of H-pyrrole nitrogens is 1. The molecule has 0 saturated carbocycles. The molecule has 0 radical (unpaired) electrons. The minimum atomic E-state index is -0.465. The summed E-state index contributed by atoms with van der Waals surface area (Å²) in [5, 5.41) is 1.79. The number of piperazine rings is 1. The van der Waals surface area contributed by atoms with Crippen molar-refractivity contribution in [3.63, 3.8) is 0 Å². The summed E-state index contributed by atoms with van der Waals surface area (Å²) in [4.78, 5) is 33.8. The van der Waals surface area contributed by atoms with Gasteiger partial charge in [-0.3, -0.25) is 4.79 Å². The highest BCUT2D eigenvalue weighted by Crippen LogP contribution is 2.42. The number of amides is 1. The number of fused-ring (bicyclic) bond motifs is 2. The molecule has 1 N–H and O–H groups in total. The molecule has 4 heterocycles. The minimum absolute atomic E-state index is 0.0651. The number of rotatable bonds is 5. The van der Waals surface area contributed by atoms with Crippen molar-refractivity contribution in [1.29, 1.82) is 0 Å². The normalized spacial score (nSPS) is 19.9. The summed E-state index contributed by atoms with van der Waals surface area (Å²) in [5.41, 5.74) is 3.23. The summed E-state index contributed by atoms with van der Waals surface area (Å²) in [6.07, 6.45) is 3.17. The van der Waals surface area contributed by atoms with Crippen molar-refractivity contribution in [1.82, 2.24) is 24.8 Å². The maximum absolute atomic E-state index is 16.8.